The number of methoxy groups -OCH3 is 1. The number of amides is 1. The van der Waals surface area contributed by atoms with Crippen molar-refractivity contribution in [3.63, 3.8) is 0 Å². The first-order valence-electron chi connectivity index (χ1n) is 11.5. The Bertz CT molecular complexity index is 1670. The maximum Gasteiger partial charge on any atom is 0.278 e. The molecule has 0 saturated heterocycles. The highest BCUT2D eigenvalue weighted by atomic mass is 35.5. The van der Waals surface area contributed by atoms with Crippen LogP contribution in [-0.2, 0) is 17.9 Å². The molecule has 3 aromatic carbocycles. The van der Waals surface area contributed by atoms with Crippen molar-refractivity contribution in [1.82, 2.24) is 14.1 Å². The van der Waals surface area contributed by atoms with E-state index in [-0.39, 0.29) is 18.0 Å². The third kappa shape index (κ3) is 4.45. The number of hydrogen-bond acceptors (Lipinski definition) is 4. The molecule has 0 unspecified atom stereocenters. The molecule has 182 valence electrons. The molecule has 5 rings (SSSR count). The average Bonchev–Trinajstić information content (AvgIpc) is 3.16. The minimum absolute atomic E-state index is 0.0432. The van der Waals surface area contributed by atoms with Crippen LogP contribution in [-0.4, -0.2) is 27.1 Å². The van der Waals surface area contributed by atoms with Crippen LogP contribution in [0.5, 0.6) is 5.75 Å². The van der Waals surface area contributed by atoms with Gasteiger partial charge in [0, 0.05) is 16.1 Å². The molecule has 1 amide bonds. The predicted molar refractivity (Wildman–Crippen MR) is 143 cm³/mol. The van der Waals surface area contributed by atoms with Gasteiger partial charge in [-0.3, -0.25) is 14.2 Å². The van der Waals surface area contributed by atoms with E-state index in [2.05, 4.69) is 10.3 Å². The van der Waals surface area contributed by atoms with Gasteiger partial charge < -0.3 is 14.6 Å². The molecular formula is C28H25ClN4O3. The molecule has 2 heterocycles. The van der Waals surface area contributed by atoms with Gasteiger partial charge in [-0.2, -0.15) is 0 Å². The molecule has 5 aromatic rings. The number of nitrogens with zero attached hydrogens (tertiary/aromatic N) is 3. The summed E-state index contributed by atoms with van der Waals surface area (Å²) in [6.45, 7) is 4.19. The van der Waals surface area contributed by atoms with Crippen LogP contribution in [0.25, 0.3) is 21.9 Å². The van der Waals surface area contributed by atoms with Gasteiger partial charge in [0.15, 0.2) is 0 Å². The molecule has 0 aliphatic heterocycles. The summed E-state index contributed by atoms with van der Waals surface area (Å²) in [4.78, 5) is 31.5. The van der Waals surface area contributed by atoms with E-state index in [1.54, 1.807) is 34.7 Å². The molecule has 0 radical (unpaired) electrons. The van der Waals surface area contributed by atoms with Crippen molar-refractivity contribution in [1.29, 1.82) is 0 Å². The standard InChI is InChI=1S/C28H25ClN4O3/c1-17-4-11-24-22(12-17)26-27(33(24)15-25(34)31-23-13-20(29)8-5-18(23)2)28(35)32(16-30-26)14-19-6-9-21(36-3)10-7-19/h4-13,16H,14-15H2,1-3H3,(H,31,34). The van der Waals surface area contributed by atoms with Gasteiger partial charge in [-0.25, -0.2) is 4.98 Å². The zero-order valence-corrected chi connectivity index (χ0v) is 21.0. The Morgan fingerprint density at radius 2 is 1.83 bits per heavy atom. The summed E-state index contributed by atoms with van der Waals surface area (Å²) in [5.41, 5.74) is 5.06. The Labute approximate surface area is 212 Å². The van der Waals surface area contributed by atoms with Crippen LogP contribution in [0.3, 0.4) is 0 Å². The fraction of sp³-hybridized carbons (Fsp3) is 0.179. The third-order valence-corrected chi connectivity index (χ3v) is 6.50. The summed E-state index contributed by atoms with van der Waals surface area (Å²) in [7, 11) is 1.61. The maximum absolute atomic E-state index is 13.7. The van der Waals surface area contributed by atoms with Crippen LogP contribution in [0.1, 0.15) is 16.7 Å². The number of aromatic nitrogens is 3. The lowest BCUT2D eigenvalue weighted by Crippen LogP contribution is -2.25. The zero-order valence-electron chi connectivity index (χ0n) is 20.2. The lowest BCUT2D eigenvalue weighted by atomic mass is 10.1. The smallest absolute Gasteiger partial charge is 0.278 e. The first-order valence-corrected chi connectivity index (χ1v) is 11.9. The molecule has 7 nitrogen and oxygen atoms in total. The van der Waals surface area contributed by atoms with Gasteiger partial charge in [-0.1, -0.05) is 41.4 Å². The molecule has 0 aliphatic carbocycles. The van der Waals surface area contributed by atoms with E-state index in [0.717, 1.165) is 33.3 Å². The number of rotatable bonds is 6. The largest absolute Gasteiger partial charge is 0.497 e. The van der Waals surface area contributed by atoms with Gasteiger partial charge in [0.2, 0.25) is 5.91 Å². The van der Waals surface area contributed by atoms with Crippen molar-refractivity contribution in [2.24, 2.45) is 0 Å². The molecule has 2 aromatic heterocycles. The summed E-state index contributed by atoms with van der Waals surface area (Å²) in [6, 6.07) is 18.8. The number of carbonyl (C=O) groups is 1. The molecule has 36 heavy (non-hydrogen) atoms. The van der Waals surface area contributed by atoms with Crippen molar-refractivity contribution < 1.29 is 9.53 Å². The van der Waals surface area contributed by atoms with E-state index in [4.69, 9.17) is 16.3 Å². The summed E-state index contributed by atoms with van der Waals surface area (Å²) in [6.07, 6.45) is 1.57. The fourth-order valence-electron chi connectivity index (χ4n) is 4.38. The highest BCUT2D eigenvalue weighted by molar-refractivity contribution is 6.31. The molecule has 0 saturated carbocycles. The number of aryl methyl sites for hydroxylation is 2. The molecular weight excluding hydrogens is 476 g/mol. The maximum atomic E-state index is 13.7. The van der Waals surface area contributed by atoms with Crippen LogP contribution < -0.4 is 15.6 Å². The summed E-state index contributed by atoms with van der Waals surface area (Å²) >= 11 is 6.12. The molecule has 0 bridgehead atoms. The lowest BCUT2D eigenvalue weighted by Gasteiger charge is -2.12. The van der Waals surface area contributed by atoms with Crippen molar-refractivity contribution in [2.75, 3.05) is 12.4 Å². The number of halogens is 1. The fourth-order valence-corrected chi connectivity index (χ4v) is 4.55. The Kier molecular flexibility index (Phi) is 6.24. The highest BCUT2D eigenvalue weighted by Crippen LogP contribution is 2.27. The number of fused-ring (bicyclic) bond motifs is 3. The van der Waals surface area contributed by atoms with Crippen LogP contribution in [0, 0.1) is 13.8 Å². The summed E-state index contributed by atoms with van der Waals surface area (Å²) in [5, 5.41) is 4.30. The third-order valence-electron chi connectivity index (χ3n) is 6.27. The van der Waals surface area contributed by atoms with Crippen LogP contribution in [0.15, 0.2) is 71.8 Å². The van der Waals surface area contributed by atoms with Crippen LogP contribution in [0.4, 0.5) is 5.69 Å². The SMILES string of the molecule is COc1ccc(Cn2cnc3c4cc(C)ccc4n(CC(=O)Nc4cc(Cl)ccc4C)c3c2=O)cc1. The van der Waals surface area contributed by atoms with E-state index >= 15 is 0 Å². The van der Waals surface area contributed by atoms with Crippen molar-refractivity contribution in [3.05, 3.63) is 99.1 Å². The highest BCUT2D eigenvalue weighted by Gasteiger charge is 2.19. The minimum Gasteiger partial charge on any atom is -0.497 e. The Balaban J connectivity index is 1.58. The summed E-state index contributed by atoms with van der Waals surface area (Å²) < 4.78 is 8.53. The average molecular weight is 501 g/mol. The van der Waals surface area contributed by atoms with Gasteiger partial charge in [-0.15, -0.1) is 0 Å². The molecule has 1 N–H and O–H groups in total. The normalized spacial score (nSPS) is 11.2. The van der Waals surface area contributed by atoms with Crippen LogP contribution in [0.2, 0.25) is 5.02 Å². The van der Waals surface area contributed by atoms with Gasteiger partial charge in [0.05, 0.1) is 25.5 Å². The Hall–Kier alpha value is -4.10. The Morgan fingerprint density at radius 3 is 2.58 bits per heavy atom. The quantitative estimate of drug-likeness (QED) is 0.342. The molecule has 0 atom stereocenters. The van der Waals surface area contributed by atoms with E-state index < -0.39 is 0 Å². The second kappa shape index (κ2) is 9.51. The number of anilines is 1. The van der Waals surface area contributed by atoms with Gasteiger partial charge in [-0.05, 0) is 61.4 Å². The number of benzene rings is 3. The zero-order chi connectivity index (χ0) is 25.4. The van der Waals surface area contributed by atoms with Gasteiger partial charge in [0.1, 0.15) is 23.3 Å². The van der Waals surface area contributed by atoms with E-state index in [1.807, 2.05) is 62.4 Å². The monoisotopic (exact) mass is 500 g/mol. The van der Waals surface area contributed by atoms with Gasteiger partial charge in [0.25, 0.3) is 5.56 Å². The second-order valence-corrected chi connectivity index (χ2v) is 9.27. The van der Waals surface area contributed by atoms with E-state index in [0.29, 0.717) is 28.3 Å². The van der Waals surface area contributed by atoms with Crippen LogP contribution >= 0.6 is 11.6 Å². The van der Waals surface area contributed by atoms with Crippen molar-refractivity contribution in [2.45, 2.75) is 26.9 Å². The number of carbonyl (C=O) groups excluding carboxylic acids is 1. The first kappa shape index (κ1) is 23.6. The molecule has 0 spiro atoms. The molecule has 0 aliphatic rings. The van der Waals surface area contributed by atoms with E-state index in [1.165, 1.54) is 0 Å². The van der Waals surface area contributed by atoms with Gasteiger partial charge >= 0.3 is 0 Å². The molecule has 8 heteroatoms. The summed E-state index contributed by atoms with van der Waals surface area (Å²) in [5.74, 6) is 0.487. The second-order valence-electron chi connectivity index (χ2n) is 8.84. The van der Waals surface area contributed by atoms with Crippen molar-refractivity contribution in [3.8, 4) is 5.75 Å². The Morgan fingerprint density at radius 1 is 1.06 bits per heavy atom. The molecule has 0 fully saturated rings. The lowest BCUT2D eigenvalue weighted by molar-refractivity contribution is -0.116. The first-order chi connectivity index (χ1) is 17.3. The van der Waals surface area contributed by atoms with E-state index in [9.17, 15) is 9.59 Å². The number of hydrogen-bond donors (Lipinski definition) is 1. The number of ether oxygens (including phenoxy) is 1. The van der Waals surface area contributed by atoms with Crippen molar-refractivity contribution >= 4 is 45.1 Å². The minimum atomic E-state index is -0.260. The number of nitrogens with one attached hydrogen (secondary N) is 1. The topological polar surface area (TPSA) is 78.2 Å². The predicted octanol–water partition coefficient (Wildman–Crippen LogP) is 5.32.